The molecule has 3 N–H and O–H groups in total. The number of fused-ring (bicyclic) bond motifs is 1. The highest BCUT2D eigenvalue weighted by Crippen LogP contribution is 2.24. The molecule has 1 aliphatic heterocycles. The summed E-state index contributed by atoms with van der Waals surface area (Å²) in [5.74, 6) is 0.903. The number of methoxy groups -OCH3 is 1. The number of nitrogens with one attached hydrogen (secondary N) is 2. The van der Waals surface area contributed by atoms with Gasteiger partial charge in [-0.15, -0.1) is 0 Å². The fraction of sp³-hybridized carbons (Fsp3) is 0.556. The van der Waals surface area contributed by atoms with Gasteiger partial charge < -0.3 is 24.6 Å². The Kier molecular flexibility index (Phi) is 6.66. The summed E-state index contributed by atoms with van der Waals surface area (Å²) < 4.78 is 10.6. The first-order chi connectivity index (χ1) is 12.3. The zero-order valence-electron chi connectivity index (χ0n) is 14.8. The van der Waals surface area contributed by atoms with Gasteiger partial charge in [-0.05, 0) is 30.2 Å². The third-order valence-corrected chi connectivity index (χ3v) is 4.86. The average Bonchev–Trinajstić information content (AvgIpc) is 3.06. The van der Waals surface area contributed by atoms with Crippen molar-refractivity contribution in [2.45, 2.75) is 6.42 Å². The highest BCUT2D eigenvalue weighted by molar-refractivity contribution is 5.84. The molecule has 1 aromatic heterocycles. The van der Waals surface area contributed by atoms with Crippen LogP contribution >= 0.6 is 0 Å². The molecule has 7 nitrogen and oxygen atoms in total. The largest absolute Gasteiger partial charge is 0.497 e. The molecule has 2 aromatic rings. The van der Waals surface area contributed by atoms with E-state index in [2.05, 4.69) is 33.1 Å². The fourth-order valence-corrected chi connectivity index (χ4v) is 3.32. The number of benzene rings is 1. The molecule has 1 aromatic carbocycles. The minimum absolute atomic E-state index is 0.190. The Bertz CT molecular complexity index is 653. The highest BCUT2D eigenvalue weighted by atomic mass is 16.6. The summed E-state index contributed by atoms with van der Waals surface area (Å²) in [4.78, 5) is 8.28. The Morgan fingerprint density at radius 1 is 1.16 bits per heavy atom. The van der Waals surface area contributed by atoms with Crippen molar-refractivity contribution < 1.29 is 14.7 Å². The first kappa shape index (κ1) is 18.2. The number of aromatic amines is 1. The number of hydrogen-bond acceptors (Lipinski definition) is 6. The van der Waals surface area contributed by atoms with Crippen LogP contribution in [0.1, 0.15) is 5.56 Å². The lowest BCUT2D eigenvalue weighted by atomic mass is 10.1. The van der Waals surface area contributed by atoms with Crippen LogP contribution in [0.2, 0.25) is 0 Å². The van der Waals surface area contributed by atoms with Crippen LogP contribution < -0.4 is 10.2 Å². The maximum atomic E-state index is 8.47. The number of ether oxygens (including phenoxy) is 2. The lowest BCUT2D eigenvalue weighted by molar-refractivity contribution is 0.00982. The summed E-state index contributed by atoms with van der Waals surface area (Å²) in [7, 11) is 1.71. The van der Waals surface area contributed by atoms with E-state index in [9.17, 15) is 0 Å². The van der Waals surface area contributed by atoms with Crippen LogP contribution in [0.3, 0.4) is 0 Å². The van der Waals surface area contributed by atoms with Gasteiger partial charge in [0, 0.05) is 56.4 Å². The summed E-state index contributed by atoms with van der Waals surface area (Å²) in [6, 6.07) is 6.17. The second-order valence-corrected chi connectivity index (χ2v) is 6.37. The molecule has 7 heteroatoms. The maximum Gasteiger partial charge on any atom is 0.119 e. The molecule has 3 rings (SSSR count). The lowest BCUT2D eigenvalue weighted by Crippen LogP contribution is -2.47. The molecule has 0 atom stereocenters. The van der Waals surface area contributed by atoms with Crippen LogP contribution in [0.4, 0.5) is 0 Å². The molecule has 0 aliphatic carbocycles. The molecule has 0 radical (unpaired) electrons. The van der Waals surface area contributed by atoms with E-state index in [-0.39, 0.29) is 6.73 Å². The summed E-state index contributed by atoms with van der Waals surface area (Å²) in [5, 5.41) is 9.72. The predicted molar refractivity (Wildman–Crippen MR) is 97.2 cm³/mol. The number of H-pyrrole nitrogens is 1. The van der Waals surface area contributed by atoms with Crippen LogP contribution in [-0.2, 0) is 11.2 Å². The van der Waals surface area contributed by atoms with E-state index in [0.717, 1.165) is 57.0 Å². The van der Waals surface area contributed by atoms with E-state index < -0.39 is 0 Å². The van der Waals surface area contributed by atoms with Gasteiger partial charge in [-0.1, -0.05) is 0 Å². The van der Waals surface area contributed by atoms with Crippen LogP contribution in [0.25, 0.3) is 10.9 Å². The molecule has 25 heavy (non-hydrogen) atoms. The average molecular weight is 348 g/mol. The van der Waals surface area contributed by atoms with E-state index in [1.54, 1.807) is 7.11 Å². The third-order valence-electron chi connectivity index (χ3n) is 4.86. The Labute approximate surface area is 148 Å². The van der Waals surface area contributed by atoms with E-state index in [1.165, 1.54) is 10.9 Å². The Morgan fingerprint density at radius 2 is 1.92 bits per heavy atom. The number of hydrogen-bond donors (Lipinski definition) is 3. The van der Waals surface area contributed by atoms with Crippen molar-refractivity contribution in [3.8, 4) is 5.75 Å². The quantitative estimate of drug-likeness (QED) is 0.360. The number of piperazine rings is 1. The van der Waals surface area contributed by atoms with Gasteiger partial charge in [-0.2, -0.15) is 5.48 Å². The van der Waals surface area contributed by atoms with Crippen LogP contribution in [0, 0.1) is 0 Å². The smallest absolute Gasteiger partial charge is 0.119 e. The van der Waals surface area contributed by atoms with Crippen molar-refractivity contribution in [1.29, 1.82) is 0 Å². The Balaban J connectivity index is 1.44. The van der Waals surface area contributed by atoms with Crippen molar-refractivity contribution in [2.75, 3.05) is 59.7 Å². The van der Waals surface area contributed by atoms with Crippen molar-refractivity contribution >= 4 is 10.9 Å². The van der Waals surface area contributed by atoms with Gasteiger partial charge in [0.2, 0.25) is 0 Å². The molecule has 2 heterocycles. The molecule has 0 amide bonds. The molecule has 138 valence electrons. The topological polar surface area (TPSA) is 73.0 Å². The Hall–Kier alpha value is -1.64. The van der Waals surface area contributed by atoms with Crippen molar-refractivity contribution in [3.05, 3.63) is 30.0 Å². The lowest BCUT2D eigenvalue weighted by Gasteiger charge is -2.34. The molecular formula is C18H28N4O3. The van der Waals surface area contributed by atoms with E-state index in [1.807, 2.05) is 11.5 Å². The third kappa shape index (κ3) is 4.93. The molecule has 0 bridgehead atoms. The second-order valence-electron chi connectivity index (χ2n) is 6.37. The SMILES string of the molecule is COc1ccc2[nH]cc(CCN3CCN(CCOCNO)CC3)c2c1. The van der Waals surface area contributed by atoms with Crippen molar-refractivity contribution in [3.63, 3.8) is 0 Å². The fourth-order valence-electron chi connectivity index (χ4n) is 3.32. The van der Waals surface area contributed by atoms with Crippen LogP contribution in [0.15, 0.2) is 24.4 Å². The number of hydroxylamine groups is 1. The maximum absolute atomic E-state index is 8.47. The first-order valence-electron chi connectivity index (χ1n) is 8.83. The molecule has 0 unspecified atom stereocenters. The van der Waals surface area contributed by atoms with E-state index in [0.29, 0.717) is 6.61 Å². The normalized spacial score (nSPS) is 16.6. The zero-order valence-corrected chi connectivity index (χ0v) is 14.8. The van der Waals surface area contributed by atoms with E-state index >= 15 is 0 Å². The summed E-state index contributed by atoms with van der Waals surface area (Å²) in [5.41, 5.74) is 4.52. The first-order valence-corrected chi connectivity index (χ1v) is 8.83. The molecule has 0 saturated carbocycles. The molecule has 0 spiro atoms. The number of aromatic nitrogens is 1. The van der Waals surface area contributed by atoms with Gasteiger partial charge >= 0.3 is 0 Å². The summed E-state index contributed by atoms with van der Waals surface area (Å²) >= 11 is 0. The number of nitrogens with zero attached hydrogens (tertiary/aromatic N) is 2. The van der Waals surface area contributed by atoms with Gasteiger partial charge in [0.25, 0.3) is 0 Å². The predicted octanol–water partition coefficient (Wildman–Crippen LogP) is 1.29. The van der Waals surface area contributed by atoms with Crippen LogP contribution in [-0.4, -0.2) is 79.7 Å². The zero-order chi connectivity index (χ0) is 17.5. The van der Waals surface area contributed by atoms with Gasteiger partial charge in [-0.25, -0.2) is 0 Å². The highest BCUT2D eigenvalue weighted by Gasteiger charge is 2.16. The van der Waals surface area contributed by atoms with E-state index in [4.69, 9.17) is 14.7 Å². The monoisotopic (exact) mass is 348 g/mol. The minimum atomic E-state index is 0.190. The Morgan fingerprint density at radius 3 is 2.64 bits per heavy atom. The second kappa shape index (κ2) is 9.17. The van der Waals surface area contributed by atoms with Crippen molar-refractivity contribution in [2.24, 2.45) is 0 Å². The molecule has 1 fully saturated rings. The van der Waals surface area contributed by atoms with Gasteiger partial charge in [-0.3, -0.25) is 4.90 Å². The molecular weight excluding hydrogens is 320 g/mol. The summed E-state index contributed by atoms with van der Waals surface area (Å²) in [6.07, 6.45) is 3.16. The summed E-state index contributed by atoms with van der Waals surface area (Å²) in [6.45, 7) is 7.13. The minimum Gasteiger partial charge on any atom is -0.497 e. The van der Waals surface area contributed by atoms with Gasteiger partial charge in [0.1, 0.15) is 12.5 Å². The van der Waals surface area contributed by atoms with Crippen molar-refractivity contribution in [1.82, 2.24) is 20.3 Å². The molecule has 1 aliphatic rings. The molecule has 1 saturated heterocycles. The number of rotatable bonds is 9. The van der Waals surface area contributed by atoms with Gasteiger partial charge in [0.05, 0.1) is 13.7 Å². The van der Waals surface area contributed by atoms with Crippen LogP contribution in [0.5, 0.6) is 5.75 Å². The standard InChI is InChI=1S/C18H28N4O3/c1-24-16-2-3-18-17(12-16)15(13-19-18)4-5-21-6-8-22(9-7-21)10-11-25-14-20-23/h2-3,12-13,19-20,23H,4-11,14H2,1H3. The van der Waals surface area contributed by atoms with Gasteiger partial charge in [0.15, 0.2) is 0 Å².